The van der Waals surface area contributed by atoms with Crippen LogP contribution >= 0.6 is 11.8 Å². The largest absolute Gasteiger partial charge is 0.481 e. The highest BCUT2D eigenvalue weighted by Gasteiger charge is 2.31. The molecule has 0 spiro atoms. The maximum Gasteiger partial charge on any atom is 0.313 e. The van der Waals surface area contributed by atoms with Crippen LogP contribution in [0.25, 0.3) is 0 Å². The Hall–Kier alpha value is -1.24. The Labute approximate surface area is 122 Å². The van der Waals surface area contributed by atoms with Crippen molar-refractivity contribution in [3.8, 4) is 0 Å². The van der Waals surface area contributed by atoms with Gasteiger partial charge in [-0.1, -0.05) is 11.8 Å². The Morgan fingerprint density at radius 2 is 1.90 bits per heavy atom. The van der Waals surface area contributed by atoms with Crippen molar-refractivity contribution in [2.24, 2.45) is 18.9 Å². The van der Waals surface area contributed by atoms with Gasteiger partial charge in [-0.25, -0.2) is 0 Å². The van der Waals surface area contributed by atoms with Crippen LogP contribution < -0.4 is 4.90 Å². The normalized spacial score (nSPS) is 18.2. The molecule has 2 aliphatic carbocycles. The van der Waals surface area contributed by atoms with Gasteiger partial charge in [-0.15, -0.1) is 10.2 Å². The molecule has 0 amide bonds. The van der Waals surface area contributed by atoms with Crippen LogP contribution in [-0.4, -0.2) is 44.7 Å². The van der Waals surface area contributed by atoms with Gasteiger partial charge in [-0.2, -0.15) is 0 Å². The fourth-order valence-electron chi connectivity index (χ4n) is 2.30. The number of thioether (sulfide) groups is 1. The highest BCUT2D eigenvalue weighted by atomic mass is 32.2. The summed E-state index contributed by atoms with van der Waals surface area (Å²) >= 11 is 1.23. The van der Waals surface area contributed by atoms with Crippen LogP contribution in [0.2, 0.25) is 0 Å². The second kappa shape index (κ2) is 5.63. The van der Waals surface area contributed by atoms with Gasteiger partial charge in [0.1, 0.15) is 0 Å². The molecule has 1 N–H and O–H groups in total. The molecular formula is C13H20N4O2S. The number of anilines is 1. The molecule has 0 aliphatic heterocycles. The Morgan fingerprint density at radius 3 is 2.40 bits per heavy atom. The van der Waals surface area contributed by atoms with Crippen LogP contribution in [0.15, 0.2) is 5.16 Å². The van der Waals surface area contributed by atoms with Gasteiger partial charge in [0.15, 0.2) is 5.16 Å². The summed E-state index contributed by atoms with van der Waals surface area (Å²) in [6.45, 7) is 2.12. The van der Waals surface area contributed by atoms with E-state index in [1.165, 1.54) is 37.4 Å². The van der Waals surface area contributed by atoms with E-state index in [-0.39, 0.29) is 5.75 Å². The number of hydrogen-bond donors (Lipinski definition) is 1. The quantitative estimate of drug-likeness (QED) is 0.735. The average Bonchev–Trinajstić information content (AvgIpc) is 3.30. The van der Waals surface area contributed by atoms with Gasteiger partial charge in [-0.05, 0) is 37.5 Å². The molecule has 6 nitrogen and oxygen atoms in total. The first-order valence-electron chi connectivity index (χ1n) is 7.12. The molecule has 110 valence electrons. The van der Waals surface area contributed by atoms with Crippen molar-refractivity contribution >= 4 is 23.7 Å². The van der Waals surface area contributed by atoms with Gasteiger partial charge in [0.25, 0.3) is 0 Å². The van der Waals surface area contributed by atoms with Gasteiger partial charge in [0, 0.05) is 20.1 Å². The lowest BCUT2D eigenvalue weighted by Crippen LogP contribution is -2.30. The Bertz CT molecular complexity index is 483. The van der Waals surface area contributed by atoms with Gasteiger partial charge >= 0.3 is 5.97 Å². The first-order valence-corrected chi connectivity index (χ1v) is 8.11. The highest BCUT2D eigenvalue weighted by Crippen LogP contribution is 2.35. The molecule has 7 heteroatoms. The molecule has 2 saturated carbocycles. The van der Waals surface area contributed by atoms with Crippen molar-refractivity contribution in [3.63, 3.8) is 0 Å². The lowest BCUT2D eigenvalue weighted by Gasteiger charge is -2.23. The number of carboxylic acids is 1. The molecule has 2 fully saturated rings. The fraction of sp³-hybridized carbons (Fsp3) is 0.769. The molecule has 0 saturated heterocycles. The molecule has 0 bridgehead atoms. The number of aliphatic carboxylic acids is 1. The topological polar surface area (TPSA) is 71.2 Å². The molecule has 3 rings (SSSR count). The third-order valence-corrected chi connectivity index (χ3v) is 4.78. The number of carbonyl (C=O) groups is 1. The van der Waals surface area contributed by atoms with Gasteiger partial charge in [0.2, 0.25) is 5.95 Å². The van der Waals surface area contributed by atoms with Crippen LogP contribution in [0.1, 0.15) is 25.7 Å². The second-order valence-corrected chi connectivity index (χ2v) is 6.76. The van der Waals surface area contributed by atoms with E-state index < -0.39 is 5.97 Å². The number of hydrogen-bond acceptors (Lipinski definition) is 5. The van der Waals surface area contributed by atoms with Crippen LogP contribution in [0.4, 0.5) is 5.95 Å². The zero-order chi connectivity index (χ0) is 14.1. The van der Waals surface area contributed by atoms with Gasteiger partial charge < -0.3 is 10.0 Å². The third kappa shape index (κ3) is 3.45. The average molecular weight is 296 g/mol. The zero-order valence-electron chi connectivity index (χ0n) is 11.7. The minimum absolute atomic E-state index is 0.0250. The summed E-state index contributed by atoms with van der Waals surface area (Å²) in [6.07, 6.45) is 5.28. The monoisotopic (exact) mass is 296 g/mol. The standard InChI is InChI=1S/C13H20N4O2S/c1-16-12(14-15-13(16)20-8-11(18)19)17(6-9-2-3-9)7-10-4-5-10/h9-10H,2-8H2,1H3,(H,18,19). The second-order valence-electron chi connectivity index (χ2n) is 5.82. The van der Waals surface area contributed by atoms with Crippen LogP contribution in [0.5, 0.6) is 0 Å². The predicted octanol–water partition coefficient (Wildman–Crippen LogP) is 1.62. The van der Waals surface area contributed by atoms with E-state index in [4.69, 9.17) is 5.11 Å². The molecule has 2 aliphatic rings. The molecule has 1 aromatic rings. The van der Waals surface area contributed by atoms with Crippen LogP contribution in [-0.2, 0) is 11.8 Å². The Morgan fingerprint density at radius 1 is 1.30 bits per heavy atom. The maximum atomic E-state index is 10.6. The van der Waals surface area contributed by atoms with E-state index in [2.05, 4.69) is 15.1 Å². The van der Waals surface area contributed by atoms with Crippen molar-refractivity contribution < 1.29 is 9.90 Å². The van der Waals surface area contributed by atoms with Crippen molar-refractivity contribution in [2.45, 2.75) is 30.8 Å². The van der Waals surface area contributed by atoms with Crippen LogP contribution in [0.3, 0.4) is 0 Å². The maximum absolute atomic E-state index is 10.6. The summed E-state index contributed by atoms with van der Waals surface area (Å²) < 4.78 is 1.93. The highest BCUT2D eigenvalue weighted by molar-refractivity contribution is 7.99. The van der Waals surface area contributed by atoms with Crippen molar-refractivity contribution in [1.82, 2.24) is 14.8 Å². The van der Waals surface area contributed by atoms with Gasteiger partial charge in [-0.3, -0.25) is 9.36 Å². The zero-order valence-corrected chi connectivity index (χ0v) is 12.5. The van der Waals surface area contributed by atoms with E-state index in [9.17, 15) is 4.79 Å². The molecule has 0 radical (unpaired) electrons. The summed E-state index contributed by atoms with van der Waals surface area (Å²) in [5.41, 5.74) is 0. The van der Waals surface area contributed by atoms with E-state index in [1.54, 1.807) is 0 Å². The number of aromatic nitrogens is 3. The summed E-state index contributed by atoms with van der Waals surface area (Å²) in [7, 11) is 1.92. The summed E-state index contributed by atoms with van der Waals surface area (Å²) in [5.74, 6) is 1.70. The first kappa shape index (κ1) is 13.7. The molecule has 0 atom stereocenters. The Kier molecular flexibility index (Phi) is 3.87. The van der Waals surface area contributed by atoms with Crippen molar-refractivity contribution in [1.29, 1.82) is 0 Å². The molecule has 20 heavy (non-hydrogen) atoms. The summed E-state index contributed by atoms with van der Waals surface area (Å²) in [5, 5.41) is 17.8. The number of nitrogens with zero attached hydrogens (tertiary/aromatic N) is 4. The number of carboxylic acid groups (broad SMARTS) is 1. The molecule has 0 unspecified atom stereocenters. The third-order valence-electron chi connectivity index (χ3n) is 3.77. The van der Waals surface area contributed by atoms with E-state index in [1.807, 2.05) is 11.6 Å². The first-order chi connectivity index (χ1) is 9.63. The van der Waals surface area contributed by atoms with E-state index >= 15 is 0 Å². The molecule has 0 aromatic carbocycles. The number of rotatable bonds is 8. The molecule has 1 heterocycles. The smallest absolute Gasteiger partial charge is 0.313 e. The minimum Gasteiger partial charge on any atom is -0.481 e. The van der Waals surface area contributed by atoms with E-state index in [0.717, 1.165) is 30.9 Å². The van der Waals surface area contributed by atoms with Crippen LogP contribution in [0, 0.1) is 11.8 Å². The van der Waals surface area contributed by atoms with E-state index in [0.29, 0.717) is 5.16 Å². The predicted molar refractivity (Wildman–Crippen MR) is 77.0 cm³/mol. The van der Waals surface area contributed by atoms with Crippen molar-refractivity contribution in [2.75, 3.05) is 23.7 Å². The lowest BCUT2D eigenvalue weighted by atomic mass is 10.3. The lowest BCUT2D eigenvalue weighted by molar-refractivity contribution is -0.133. The minimum atomic E-state index is -0.827. The molecule has 1 aromatic heterocycles. The fourth-order valence-corrected chi connectivity index (χ4v) is 2.92. The summed E-state index contributed by atoms with van der Waals surface area (Å²) in [4.78, 5) is 13.0. The molecular weight excluding hydrogens is 276 g/mol. The van der Waals surface area contributed by atoms with Gasteiger partial charge in [0.05, 0.1) is 5.75 Å². The van der Waals surface area contributed by atoms with Crippen molar-refractivity contribution in [3.05, 3.63) is 0 Å². The summed E-state index contributed by atoms with van der Waals surface area (Å²) in [6, 6.07) is 0. The Balaban J connectivity index is 1.69. The SMILES string of the molecule is Cn1c(SCC(=O)O)nnc1N(CC1CC1)CC1CC1.